The van der Waals surface area contributed by atoms with E-state index in [4.69, 9.17) is 0 Å². The summed E-state index contributed by atoms with van der Waals surface area (Å²) < 4.78 is 0. The molecule has 3 heteroatoms. The molecule has 3 nitrogen and oxygen atoms in total. The van der Waals surface area contributed by atoms with Gasteiger partial charge in [-0.05, 0) is 12.8 Å². The van der Waals surface area contributed by atoms with Crippen molar-refractivity contribution in [2.75, 3.05) is 13.1 Å². The summed E-state index contributed by atoms with van der Waals surface area (Å²) in [5.74, 6) is 0. The quantitative estimate of drug-likeness (QED) is 0.404. The van der Waals surface area contributed by atoms with Crippen LogP contribution in [0.4, 0.5) is 0 Å². The van der Waals surface area contributed by atoms with Gasteiger partial charge in [-0.25, -0.2) is 4.79 Å². The zero-order valence-electron chi connectivity index (χ0n) is 6.05. The summed E-state index contributed by atoms with van der Waals surface area (Å²) in [6.45, 7) is 1.85. The van der Waals surface area contributed by atoms with Crippen LogP contribution in [0.15, 0.2) is 5.10 Å². The molecule has 1 fully saturated rings. The molecule has 1 aliphatic rings. The SMILES string of the molecule is O=C=NN1CCCCCC1. The molecule has 0 radical (unpaired) electrons. The molecule has 1 saturated heterocycles. The van der Waals surface area contributed by atoms with Crippen molar-refractivity contribution in [3.8, 4) is 0 Å². The third-order valence-corrected chi connectivity index (χ3v) is 1.76. The summed E-state index contributed by atoms with van der Waals surface area (Å²) in [7, 11) is 0. The number of hydrazone groups is 1. The fraction of sp³-hybridized carbons (Fsp3) is 0.857. The second kappa shape index (κ2) is 4.07. The molecule has 1 heterocycles. The number of carbonyl (C=O) groups excluding carboxylic acids is 1. The van der Waals surface area contributed by atoms with Crippen LogP contribution in [0.3, 0.4) is 0 Å². The molecule has 0 spiro atoms. The minimum Gasteiger partial charge on any atom is -0.286 e. The van der Waals surface area contributed by atoms with Crippen LogP contribution in [-0.2, 0) is 4.79 Å². The Kier molecular flexibility index (Phi) is 2.97. The van der Waals surface area contributed by atoms with E-state index in [1.807, 2.05) is 0 Å². The molecule has 0 bridgehead atoms. The van der Waals surface area contributed by atoms with Crippen molar-refractivity contribution in [2.24, 2.45) is 5.10 Å². The maximum absolute atomic E-state index is 9.85. The van der Waals surface area contributed by atoms with Gasteiger partial charge in [0.05, 0.1) is 0 Å². The van der Waals surface area contributed by atoms with E-state index >= 15 is 0 Å². The number of hydrogen-bond donors (Lipinski definition) is 0. The van der Waals surface area contributed by atoms with Crippen LogP contribution in [0.1, 0.15) is 25.7 Å². The maximum Gasteiger partial charge on any atom is 0.258 e. The maximum atomic E-state index is 9.85. The van der Waals surface area contributed by atoms with E-state index < -0.39 is 0 Å². The fourth-order valence-electron chi connectivity index (χ4n) is 1.21. The van der Waals surface area contributed by atoms with E-state index in [9.17, 15) is 4.79 Å². The molecule has 0 aromatic rings. The van der Waals surface area contributed by atoms with Gasteiger partial charge in [0.2, 0.25) is 0 Å². The third kappa shape index (κ3) is 2.19. The molecule has 0 atom stereocenters. The van der Waals surface area contributed by atoms with Crippen LogP contribution in [0.25, 0.3) is 0 Å². The van der Waals surface area contributed by atoms with Crippen LogP contribution in [0, 0.1) is 0 Å². The van der Waals surface area contributed by atoms with Crippen LogP contribution in [0.5, 0.6) is 0 Å². The Morgan fingerprint density at radius 2 is 1.70 bits per heavy atom. The average molecular weight is 140 g/mol. The molecule has 56 valence electrons. The zero-order valence-corrected chi connectivity index (χ0v) is 6.05. The molecule has 10 heavy (non-hydrogen) atoms. The molecule has 1 rings (SSSR count). The number of nitrogens with zero attached hydrogens (tertiary/aromatic N) is 2. The summed E-state index contributed by atoms with van der Waals surface area (Å²) in [4.78, 5) is 9.85. The molecule has 0 saturated carbocycles. The van der Waals surface area contributed by atoms with Crippen molar-refractivity contribution in [2.45, 2.75) is 25.7 Å². The second-order valence-electron chi connectivity index (χ2n) is 2.56. The highest BCUT2D eigenvalue weighted by Gasteiger charge is 2.04. The molecule has 0 amide bonds. The van der Waals surface area contributed by atoms with E-state index in [0.717, 1.165) is 25.9 Å². The smallest absolute Gasteiger partial charge is 0.258 e. The highest BCUT2D eigenvalue weighted by atomic mass is 16.1. The molecule has 0 aromatic heterocycles. The zero-order chi connectivity index (χ0) is 7.23. The minimum absolute atomic E-state index is 0.926. The molecule has 0 aliphatic carbocycles. The molecular formula is C7H12N2O. The van der Waals surface area contributed by atoms with E-state index in [-0.39, 0.29) is 0 Å². The Hall–Kier alpha value is -0.820. The Morgan fingerprint density at radius 3 is 2.20 bits per heavy atom. The average Bonchev–Trinajstić information content (AvgIpc) is 2.17. The van der Waals surface area contributed by atoms with Crippen LogP contribution in [0.2, 0.25) is 0 Å². The van der Waals surface area contributed by atoms with Crippen molar-refractivity contribution in [1.82, 2.24) is 5.01 Å². The summed E-state index contributed by atoms with van der Waals surface area (Å²) in [6, 6.07) is 0. The first kappa shape index (κ1) is 7.29. The lowest BCUT2D eigenvalue weighted by Gasteiger charge is -2.11. The molecule has 0 aromatic carbocycles. The van der Waals surface area contributed by atoms with E-state index in [0.29, 0.717) is 0 Å². The molecule has 0 N–H and O–H groups in total. The second-order valence-corrected chi connectivity index (χ2v) is 2.56. The third-order valence-electron chi connectivity index (χ3n) is 1.76. The van der Waals surface area contributed by atoms with Crippen LogP contribution < -0.4 is 0 Å². The first-order valence-electron chi connectivity index (χ1n) is 3.76. The van der Waals surface area contributed by atoms with Gasteiger partial charge in [-0.2, -0.15) is 0 Å². The summed E-state index contributed by atoms with van der Waals surface area (Å²) in [5.41, 5.74) is 0. The van der Waals surface area contributed by atoms with Crippen molar-refractivity contribution >= 4 is 6.08 Å². The predicted molar refractivity (Wildman–Crippen MR) is 38.2 cm³/mol. The van der Waals surface area contributed by atoms with Crippen LogP contribution in [-0.4, -0.2) is 24.2 Å². The Labute approximate surface area is 60.7 Å². The van der Waals surface area contributed by atoms with Crippen molar-refractivity contribution in [1.29, 1.82) is 0 Å². The van der Waals surface area contributed by atoms with Gasteiger partial charge in [0, 0.05) is 13.1 Å². The van der Waals surface area contributed by atoms with Gasteiger partial charge in [-0.1, -0.05) is 17.9 Å². The monoisotopic (exact) mass is 140 g/mol. The van der Waals surface area contributed by atoms with E-state index in [2.05, 4.69) is 5.10 Å². The van der Waals surface area contributed by atoms with Gasteiger partial charge in [0.15, 0.2) is 0 Å². The number of rotatable bonds is 1. The Bertz CT molecular complexity index is 133. The van der Waals surface area contributed by atoms with Crippen molar-refractivity contribution in [3.63, 3.8) is 0 Å². The summed E-state index contributed by atoms with van der Waals surface area (Å²) >= 11 is 0. The van der Waals surface area contributed by atoms with Gasteiger partial charge in [0.25, 0.3) is 6.08 Å². The molecule has 1 aliphatic heterocycles. The highest BCUT2D eigenvalue weighted by Crippen LogP contribution is 2.08. The van der Waals surface area contributed by atoms with Gasteiger partial charge in [0.1, 0.15) is 0 Å². The highest BCUT2D eigenvalue weighted by molar-refractivity contribution is 5.32. The lowest BCUT2D eigenvalue weighted by molar-refractivity contribution is 0.298. The predicted octanol–water partition coefficient (Wildman–Crippen LogP) is 1.11. The largest absolute Gasteiger partial charge is 0.286 e. The number of hydrogen-bond acceptors (Lipinski definition) is 3. The van der Waals surface area contributed by atoms with Gasteiger partial charge in [-0.15, -0.1) is 0 Å². The van der Waals surface area contributed by atoms with Crippen molar-refractivity contribution in [3.05, 3.63) is 0 Å². The van der Waals surface area contributed by atoms with Crippen molar-refractivity contribution < 1.29 is 4.79 Å². The Balaban J connectivity index is 2.34. The van der Waals surface area contributed by atoms with Gasteiger partial charge >= 0.3 is 0 Å². The molecule has 0 unspecified atom stereocenters. The fourth-order valence-corrected chi connectivity index (χ4v) is 1.21. The summed E-state index contributed by atoms with van der Waals surface area (Å²) in [5, 5.41) is 5.38. The first-order valence-corrected chi connectivity index (χ1v) is 3.76. The van der Waals surface area contributed by atoms with E-state index in [1.165, 1.54) is 12.8 Å². The molecular weight excluding hydrogens is 128 g/mol. The lowest BCUT2D eigenvalue weighted by Crippen LogP contribution is -2.17. The standard InChI is InChI=1S/C7H12N2O/c10-7-8-9-5-3-1-2-4-6-9/h1-6H2. The van der Waals surface area contributed by atoms with E-state index in [1.54, 1.807) is 11.1 Å². The van der Waals surface area contributed by atoms with Crippen LogP contribution >= 0.6 is 0 Å². The first-order chi connectivity index (χ1) is 4.93. The van der Waals surface area contributed by atoms with Gasteiger partial charge in [-0.3, -0.25) is 5.01 Å². The Morgan fingerprint density at radius 1 is 1.10 bits per heavy atom. The number of isocyanates is 1. The van der Waals surface area contributed by atoms with Gasteiger partial charge < -0.3 is 0 Å². The summed E-state index contributed by atoms with van der Waals surface area (Å²) in [6.07, 6.45) is 6.42. The minimum atomic E-state index is 0.926. The lowest BCUT2D eigenvalue weighted by atomic mass is 10.2. The normalized spacial score (nSPS) is 19.4. The topological polar surface area (TPSA) is 32.7 Å².